The highest BCUT2D eigenvalue weighted by Gasteiger charge is 2.35. The number of carbonyl (C=O) groups is 1. The van der Waals surface area contributed by atoms with Crippen LogP contribution in [0.25, 0.3) is 0 Å². The molecule has 116 valence electrons. The van der Waals surface area contributed by atoms with E-state index in [0.717, 1.165) is 30.8 Å². The molecule has 1 heterocycles. The summed E-state index contributed by atoms with van der Waals surface area (Å²) in [5.74, 6) is 0.749. The van der Waals surface area contributed by atoms with Gasteiger partial charge in [-0.1, -0.05) is 19.9 Å². The molecular formula is C17H26N2O2. The second-order valence-corrected chi connectivity index (χ2v) is 6.67. The van der Waals surface area contributed by atoms with Gasteiger partial charge in [-0.05, 0) is 44.5 Å². The van der Waals surface area contributed by atoms with Gasteiger partial charge in [0.05, 0.1) is 7.11 Å². The van der Waals surface area contributed by atoms with Crippen LogP contribution in [-0.2, 0) is 0 Å². The molecule has 21 heavy (non-hydrogen) atoms. The van der Waals surface area contributed by atoms with Crippen molar-refractivity contribution in [1.29, 1.82) is 0 Å². The first kappa shape index (κ1) is 15.8. The first-order chi connectivity index (χ1) is 9.85. The van der Waals surface area contributed by atoms with E-state index in [1.165, 1.54) is 0 Å². The number of benzene rings is 1. The summed E-state index contributed by atoms with van der Waals surface area (Å²) in [4.78, 5) is 14.9. The van der Waals surface area contributed by atoms with Crippen molar-refractivity contribution in [1.82, 2.24) is 10.2 Å². The molecule has 1 fully saturated rings. The maximum Gasteiger partial charge on any atom is 0.251 e. The van der Waals surface area contributed by atoms with E-state index in [-0.39, 0.29) is 17.4 Å². The summed E-state index contributed by atoms with van der Waals surface area (Å²) in [5, 5.41) is 3.22. The number of piperidine rings is 1. The third kappa shape index (κ3) is 3.38. The second-order valence-electron chi connectivity index (χ2n) is 6.67. The number of carbonyl (C=O) groups excluding carboxylic acids is 1. The zero-order chi connectivity index (χ0) is 15.6. The van der Waals surface area contributed by atoms with Crippen LogP contribution >= 0.6 is 0 Å². The molecule has 1 saturated heterocycles. The van der Waals surface area contributed by atoms with Crippen LogP contribution in [0, 0.1) is 12.3 Å². The first-order valence-electron chi connectivity index (χ1n) is 7.48. The Morgan fingerprint density at radius 1 is 1.43 bits per heavy atom. The Hall–Kier alpha value is -1.55. The van der Waals surface area contributed by atoms with E-state index in [1.807, 2.05) is 25.1 Å². The summed E-state index contributed by atoms with van der Waals surface area (Å²) in [6.45, 7) is 8.37. The van der Waals surface area contributed by atoms with Crippen molar-refractivity contribution >= 4 is 5.91 Å². The van der Waals surface area contributed by atoms with Crippen LogP contribution in [0.4, 0.5) is 0 Å². The monoisotopic (exact) mass is 290 g/mol. The lowest BCUT2D eigenvalue weighted by atomic mass is 9.79. The summed E-state index contributed by atoms with van der Waals surface area (Å²) in [6.07, 6.45) is 0.984. The summed E-state index contributed by atoms with van der Waals surface area (Å²) < 4.78 is 5.29. The Labute approximate surface area is 127 Å². The highest BCUT2D eigenvalue weighted by Crippen LogP contribution is 2.29. The van der Waals surface area contributed by atoms with Gasteiger partial charge in [0.1, 0.15) is 5.75 Å². The van der Waals surface area contributed by atoms with Crippen LogP contribution in [0.5, 0.6) is 5.75 Å². The number of nitrogens with one attached hydrogen (secondary N) is 1. The quantitative estimate of drug-likeness (QED) is 0.930. The van der Waals surface area contributed by atoms with E-state index in [4.69, 9.17) is 4.74 Å². The van der Waals surface area contributed by atoms with E-state index in [9.17, 15) is 4.79 Å². The zero-order valence-electron chi connectivity index (χ0n) is 13.7. The molecule has 1 aromatic carbocycles. The van der Waals surface area contributed by atoms with Crippen LogP contribution in [-0.4, -0.2) is 44.1 Å². The molecule has 0 spiro atoms. The number of amides is 1. The second kappa shape index (κ2) is 6.06. The highest BCUT2D eigenvalue weighted by atomic mass is 16.5. The Bertz CT molecular complexity index is 526. The standard InChI is InChI=1S/C17H26N2O2/c1-12-13(7-6-8-14(12)21-5)16(20)18-15-9-10-19(4)11-17(15,2)3/h6-8,15H,9-11H2,1-5H3,(H,18,20). The lowest BCUT2D eigenvalue weighted by Gasteiger charge is -2.43. The zero-order valence-corrected chi connectivity index (χ0v) is 13.7. The summed E-state index contributed by atoms with van der Waals surface area (Å²) in [6, 6.07) is 5.80. The molecule has 0 aromatic heterocycles. The van der Waals surface area contributed by atoms with E-state index >= 15 is 0 Å². The van der Waals surface area contributed by atoms with Gasteiger partial charge in [-0.15, -0.1) is 0 Å². The molecule has 1 aliphatic rings. The molecule has 1 atom stereocenters. The molecule has 0 aliphatic carbocycles. The fourth-order valence-electron chi connectivity index (χ4n) is 3.21. The average Bonchev–Trinajstić information content (AvgIpc) is 2.41. The number of hydrogen-bond donors (Lipinski definition) is 1. The first-order valence-corrected chi connectivity index (χ1v) is 7.48. The van der Waals surface area contributed by atoms with Gasteiger partial charge in [-0.3, -0.25) is 4.79 Å². The SMILES string of the molecule is COc1cccc(C(=O)NC2CCN(C)CC2(C)C)c1C. The third-order valence-corrected chi connectivity index (χ3v) is 4.47. The Morgan fingerprint density at radius 3 is 2.76 bits per heavy atom. The van der Waals surface area contributed by atoms with Crippen LogP contribution in [0.2, 0.25) is 0 Å². The number of methoxy groups -OCH3 is 1. The molecule has 2 rings (SSSR count). The van der Waals surface area contributed by atoms with Gasteiger partial charge in [0.25, 0.3) is 5.91 Å². The number of rotatable bonds is 3. The highest BCUT2D eigenvalue weighted by molar-refractivity contribution is 5.96. The predicted molar refractivity (Wildman–Crippen MR) is 84.9 cm³/mol. The van der Waals surface area contributed by atoms with Crippen LogP contribution in [0.1, 0.15) is 36.2 Å². The van der Waals surface area contributed by atoms with Crippen LogP contribution < -0.4 is 10.1 Å². The van der Waals surface area contributed by atoms with Gasteiger partial charge >= 0.3 is 0 Å². The molecule has 0 saturated carbocycles. The predicted octanol–water partition coefficient (Wildman–Crippen LogP) is 2.46. The molecule has 1 amide bonds. The maximum absolute atomic E-state index is 12.6. The third-order valence-electron chi connectivity index (χ3n) is 4.47. The largest absolute Gasteiger partial charge is 0.496 e. The molecule has 1 unspecified atom stereocenters. The minimum atomic E-state index is -0.00553. The summed E-state index contributed by atoms with van der Waals surface area (Å²) in [7, 11) is 3.76. The molecule has 0 bridgehead atoms. The Balaban J connectivity index is 2.15. The molecule has 1 aromatic rings. The van der Waals surface area contributed by atoms with Crippen molar-refractivity contribution in [3.05, 3.63) is 29.3 Å². The number of nitrogens with zero attached hydrogens (tertiary/aromatic N) is 1. The number of ether oxygens (including phenoxy) is 1. The molecule has 4 heteroatoms. The van der Waals surface area contributed by atoms with E-state index in [1.54, 1.807) is 7.11 Å². The van der Waals surface area contributed by atoms with Crippen molar-refractivity contribution in [2.45, 2.75) is 33.2 Å². The lowest BCUT2D eigenvalue weighted by molar-refractivity contribution is 0.0728. The Morgan fingerprint density at radius 2 is 2.14 bits per heavy atom. The van der Waals surface area contributed by atoms with Crippen molar-refractivity contribution < 1.29 is 9.53 Å². The van der Waals surface area contributed by atoms with Crippen LogP contribution in [0.15, 0.2) is 18.2 Å². The van der Waals surface area contributed by atoms with Gasteiger partial charge in [-0.2, -0.15) is 0 Å². The molecular weight excluding hydrogens is 264 g/mol. The number of likely N-dealkylation sites (tertiary alicyclic amines) is 1. The lowest BCUT2D eigenvalue weighted by Crippen LogP contribution is -2.54. The van der Waals surface area contributed by atoms with Crippen molar-refractivity contribution in [2.75, 3.05) is 27.2 Å². The minimum absolute atomic E-state index is 0.00553. The fourth-order valence-corrected chi connectivity index (χ4v) is 3.21. The fraction of sp³-hybridized carbons (Fsp3) is 0.588. The minimum Gasteiger partial charge on any atom is -0.496 e. The van der Waals surface area contributed by atoms with Gasteiger partial charge in [-0.25, -0.2) is 0 Å². The summed E-state index contributed by atoms with van der Waals surface area (Å²) in [5.41, 5.74) is 1.67. The van der Waals surface area contributed by atoms with E-state index in [0.29, 0.717) is 5.56 Å². The van der Waals surface area contributed by atoms with Gasteiger partial charge < -0.3 is 15.0 Å². The van der Waals surface area contributed by atoms with Gasteiger partial charge in [0.15, 0.2) is 0 Å². The van der Waals surface area contributed by atoms with Crippen LogP contribution in [0.3, 0.4) is 0 Å². The molecule has 4 nitrogen and oxygen atoms in total. The average molecular weight is 290 g/mol. The smallest absolute Gasteiger partial charge is 0.251 e. The van der Waals surface area contributed by atoms with Crippen molar-refractivity contribution in [2.24, 2.45) is 5.41 Å². The molecule has 1 N–H and O–H groups in total. The molecule has 0 radical (unpaired) electrons. The van der Waals surface area contributed by atoms with E-state index in [2.05, 4.69) is 31.1 Å². The van der Waals surface area contributed by atoms with Gasteiger partial charge in [0.2, 0.25) is 0 Å². The maximum atomic E-state index is 12.6. The Kier molecular flexibility index (Phi) is 4.57. The van der Waals surface area contributed by atoms with Crippen molar-refractivity contribution in [3.8, 4) is 5.75 Å². The number of hydrogen-bond acceptors (Lipinski definition) is 3. The van der Waals surface area contributed by atoms with E-state index < -0.39 is 0 Å². The topological polar surface area (TPSA) is 41.6 Å². The molecule has 1 aliphatic heterocycles. The summed E-state index contributed by atoms with van der Waals surface area (Å²) >= 11 is 0. The van der Waals surface area contributed by atoms with Gasteiger partial charge in [0, 0.05) is 23.7 Å². The van der Waals surface area contributed by atoms with Crippen molar-refractivity contribution in [3.63, 3.8) is 0 Å². The normalized spacial score (nSPS) is 21.9.